The molecule has 1 aromatic rings. The lowest BCUT2D eigenvalue weighted by Crippen LogP contribution is -2.32. The molecule has 2 fully saturated rings. The van der Waals surface area contributed by atoms with Crippen molar-refractivity contribution in [2.75, 3.05) is 13.1 Å². The minimum absolute atomic E-state index is 0.125. The second kappa shape index (κ2) is 5.30. The van der Waals surface area contributed by atoms with Gasteiger partial charge < -0.3 is 5.73 Å². The summed E-state index contributed by atoms with van der Waals surface area (Å²) in [5.41, 5.74) is 5.93. The van der Waals surface area contributed by atoms with Gasteiger partial charge in [-0.1, -0.05) is 0 Å². The van der Waals surface area contributed by atoms with Crippen molar-refractivity contribution in [3.05, 3.63) is 29.8 Å². The number of rotatable bonds is 2. The lowest BCUT2D eigenvalue weighted by Gasteiger charge is -2.28. The summed E-state index contributed by atoms with van der Waals surface area (Å²) in [6.07, 6.45) is 2.63. The van der Waals surface area contributed by atoms with Gasteiger partial charge in [0, 0.05) is 25.2 Å². The van der Waals surface area contributed by atoms with Crippen molar-refractivity contribution in [3.8, 4) is 0 Å². The fourth-order valence-corrected chi connectivity index (χ4v) is 5.04. The predicted molar refractivity (Wildman–Crippen MR) is 73.9 cm³/mol. The highest BCUT2D eigenvalue weighted by Gasteiger charge is 2.41. The van der Waals surface area contributed by atoms with Crippen molar-refractivity contribution in [2.24, 2.45) is 17.6 Å². The van der Waals surface area contributed by atoms with E-state index in [-0.39, 0.29) is 16.9 Å². The van der Waals surface area contributed by atoms with E-state index in [1.807, 2.05) is 0 Å². The van der Waals surface area contributed by atoms with Gasteiger partial charge in [-0.3, -0.25) is 0 Å². The number of hydrogen-bond acceptors (Lipinski definition) is 3. The lowest BCUT2D eigenvalue weighted by atomic mass is 9.79. The molecule has 2 aliphatic rings. The van der Waals surface area contributed by atoms with Crippen molar-refractivity contribution >= 4 is 10.0 Å². The molecule has 1 saturated heterocycles. The largest absolute Gasteiger partial charge is 0.328 e. The van der Waals surface area contributed by atoms with Crippen molar-refractivity contribution in [3.63, 3.8) is 0 Å². The molecule has 0 amide bonds. The molecule has 7 heteroatoms. The summed E-state index contributed by atoms with van der Waals surface area (Å²) in [5.74, 6) is -1.21. The van der Waals surface area contributed by atoms with E-state index >= 15 is 0 Å². The van der Waals surface area contributed by atoms with Crippen molar-refractivity contribution in [1.82, 2.24) is 4.31 Å². The fourth-order valence-electron chi connectivity index (χ4n) is 3.45. The molecule has 1 unspecified atom stereocenters. The van der Waals surface area contributed by atoms with E-state index in [9.17, 15) is 17.2 Å². The fraction of sp³-hybridized carbons (Fsp3) is 0.571. The smallest absolute Gasteiger partial charge is 0.243 e. The molecule has 3 rings (SSSR count). The van der Waals surface area contributed by atoms with Gasteiger partial charge >= 0.3 is 0 Å². The van der Waals surface area contributed by atoms with E-state index in [0.29, 0.717) is 25.1 Å². The van der Waals surface area contributed by atoms with Gasteiger partial charge in [0.2, 0.25) is 10.0 Å². The summed E-state index contributed by atoms with van der Waals surface area (Å²) >= 11 is 0. The SMILES string of the molecule is NC1CC[C@@H]2CN(S(=O)(=O)c3cc(F)cc(F)c3)C[C@@H]2C1. The van der Waals surface area contributed by atoms with Gasteiger partial charge in [0.15, 0.2) is 0 Å². The van der Waals surface area contributed by atoms with Gasteiger partial charge in [0.05, 0.1) is 4.90 Å². The molecule has 21 heavy (non-hydrogen) atoms. The third kappa shape index (κ3) is 2.82. The lowest BCUT2D eigenvalue weighted by molar-refractivity contribution is 0.271. The van der Waals surface area contributed by atoms with E-state index in [4.69, 9.17) is 5.73 Å². The van der Waals surface area contributed by atoms with E-state index < -0.39 is 21.7 Å². The molecule has 3 atom stereocenters. The van der Waals surface area contributed by atoms with Gasteiger partial charge in [0.25, 0.3) is 0 Å². The van der Waals surface area contributed by atoms with Crippen molar-refractivity contribution < 1.29 is 17.2 Å². The van der Waals surface area contributed by atoms with Gasteiger partial charge in [0.1, 0.15) is 11.6 Å². The summed E-state index contributed by atoms with van der Waals surface area (Å²) in [7, 11) is -3.85. The summed E-state index contributed by atoms with van der Waals surface area (Å²) in [4.78, 5) is -0.317. The Kier molecular flexibility index (Phi) is 3.75. The maximum absolute atomic E-state index is 13.3. The van der Waals surface area contributed by atoms with Crippen LogP contribution in [0.15, 0.2) is 23.1 Å². The Morgan fingerprint density at radius 2 is 1.67 bits per heavy atom. The molecule has 0 bridgehead atoms. The first kappa shape index (κ1) is 14.9. The number of nitrogens with two attached hydrogens (primary N) is 1. The van der Waals surface area contributed by atoms with Gasteiger partial charge in [-0.15, -0.1) is 0 Å². The Labute approximate surface area is 123 Å². The van der Waals surface area contributed by atoms with Crippen molar-refractivity contribution in [1.29, 1.82) is 0 Å². The predicted octanol–water partition coefficient (Wildman–Crippen LogP) is 1.71. The minimum atomic E-state index is -3.85. The van der Waals surface area contributed by atoms with E-state index in [1.165, 1.54) is 4.31 Å². The third-order valence-corrected chi connectivity index (χ3v) is 6.34. The summed E-state index contributed by atoms with van der Waals surface area (Å²) in [6, 6.07) is 2.53. The van der Waals surface area contributed by atoms with Crippen LogP contribution in [0.25, 0.3) is 0 Å². The van der Waals surface area contributed by atoms with Crippen LogP contribution in [0.3, 0.4) is 0 Å². The zero-order valence-corrected chi connectivity index (χ0v) is 12.3. The monoisotopic (exact) mass is 316 g/mol. The molecule has 1 heterocycles. The summed E-state index contributed by atoms with van der Waals surface area (Å²) < 4.78 is 52.9. The number of benzene rings is 1. The normalized spacial score (nSPS) is 30.3. The number of halogens is 2. The van der Waals surface area contributed by atoms with Crippen LogP contribution >= 0.6 is 0 Å². The maximum Gasteiger partial charge on any atom is 0.243 e. The number of nitrogens with zero attached hydrogens (tertiary/aromatic N) is 1. The van der Waals surface area contributed by atoms with Crippen LogP contribution in [0.2, 0.25) is 0 Å². The first-order valence-corrected chi connectivity index (χ1v) is 8.52. The third-order valence-electron chi connectivity index (χ3n) is 4.53. The van der Waals surface area contributed by atoms with E-state index in [0.717, 1.165) is 31.4 Å². The molecule has 4 nitrogen and oxygen atoms in total. The summed E-state index contributed by atoms with van der Waals surface area (Å²) in [5, 5.41) is 0. The molecular formula is C14H18F2N2O2S. The van der Waals surface area contributed by atoms with E-state index in [2.05, 4.69) is 0 Å². The molecule has 0 radical (unpaired) electrons. The Morgan fingerprint density at radius 3 is 2.33 bits per heavy atom. The van der Waals surface area contributed by atoms with Crippen LogP contribution in [-0.2, 0) is 10.0 Å². The molecule has 1 aliphatic carbocycles. The molecule has 116 valence electrons. The summed E-state index contributed by atoms with van der Waals surface area (Å²) in [6.45, 7) is 0.802. The highest BCUT2D eigenvalue weighted by Crippen LogP contribution is 2.38. The zero-order valence-electron chi connectivity index (χ0n) is 11.5. The Bertz CT molecular complexity index is 630. The van der Waals surface area contributed by atoms with Gasteiger partial charge in [-0.2, -0.15) is 4.31 Å². The Morgan fingerprint density at radius 1 is 1.05 bits per heavy atom. The molecule has 0 spiro atoms. The molecule has 1 aliphatic heterocycles. The quantitative estimate of drug-likeness (QED) is 0.903. The Hall–Kier alpha value is -1.05. The second-order valence-electron chi connectivity index (χ2n) is 6.02. The number of sulfonamides is 1. The highest BCUT2D eigenvalue weighted by atomic mass is 32.2. The number of hydrogen-bond donors (Lipinski definition) is 1. The van der Waals surface area contributed by atoms with Crippen LogP contribution < -0.4 is 5.73 Å². The van der Waals surface area contributed by atoms with Crippen LogP contribution in [0.4, 0.5) is 8.78 Å². The van der Waals surface area contributed by atoms with Gasteiger partial charge in [-0.25, -0.2) is 17.2 Å². The molecule has 2 N–H and O–H groups in total. The van der Waals surface area contributed by atoms with Crippen LogP contribution in [-0.4, -0.2) is 31.9 Å². The highest BCUT2D eigenvalue weighted by molar-refractivity contribution is 7.89. The van der Waals surface area contributed by atoms with Crippen molar-refractivity contribution in [2.45, 2.75) is 30.2 Å². The first-order chi connectivity index (χ1) is 9.86. The molecule has 1 aromatic carbocycles. The van der Waals surface area contributed by atoms with E-state index in [1.54, 1.807) is 0 Å². The molecule has 0 aromatic heterocycles. The van der Waals surface area contributed by atoms with Crippen LogP contribution in [0, 0.1) is 23.5 Å². The average molecular weight is 316 g/mol. The Balaban J connectivity index is 1.86. The number of fused-ring (bicyclic) bond motifs is 1. The van der Waals surface area contributed by atoms with Crippen LogP contribution in [0.1, 0.15) is 19.3 Å². The zero-order chi connectivity index (χ0) is 15.2. The van der Waals surface area contributed by atoms with Gasteiger partial charge in [-0.05, 0) is 43.2 Å². The topological polar surface area (TPSA) is 63.4 Å². The van der Waals surface area contributed by atoms with Crippen LogP contribution in [0.5, 0.6) is 0 Å². The minimum Gasteiger partial charge on any atom is -0.328 e. The molecular weight excluding hydrogens is 298 g/mol. The average Bonchev–Trinajstić information content (AvgIpc) is 2.81. The molecule has 1 saturated carbocycles. The maximum atomic E-state index is 13.3. The first-order valence-electron chi connectivity index (χ1n) is 7.08. The standard InChI is InChI=1S/C14H18F2N2O2S/c15-11-4-12(16)6-14(5-11)21(19,20)18-7-9-1-2-13(17)3-10(9)8-18/h4-6,9-10,13H,1-3,7-8,17H2/t9-,10+,13?/m1/s1. The second-order valence-corrected chi connectivity index (χ2v) is 7.96.